The van der Waals surface area contributed by atoms with E-state index in [0.717, 1.165) is 21.9 Å². The van der Waals surface area contributed by atoms with Gasteiger partial charge in [-0.2, -0.15) is 0 Å². The molecule has 5 aromatic rings. The van der Waals surface area contributed by atoms with Gasteiger partial charge >= 0.3 is 0 Å². The fourth-order valence-electron chi connectivity index (χ4n) is 2.92. The molecule has 0 unspecified atom stereocenters. The number of fused-ring (bicyclic) bond motifs is 4. The van der Waals surface area contributed by atoms with Crippen LogP contribution in [0, 0.1) is 0 Å². The summed E-state index contributed by atoms with van der Waals surface area (Å²) in [5.74, 6) is 0.555. The molecule has 23 heavy (non-hydrogen) atoms. The average molecular weight is 320 g/mol. The third-order valence-corrected chi connectivity index (χ3v) is 4.35. The van der Waals surface area contributed by atoms with E-state index < -0.39 is 0 Å². The number of hydrogen-bond donors (Lipinski definition) is 0. The van der Waals surface area contributed by atoms with Crippen molar-refractivity contribution in [2.75, 3.05) is 0 Å². The van der Waals surface area contributed by atoms with Crippen molar-refractivity contribution < 1.29 is 8.83 Å². The number of benzene rings is 3. The molecule has 0 saturated heterocycles. The zero-order valence-corrected chi connectivity index (χ0v) is 12.7. The van der Waals surface area contributed by atoms with Crippen LogP contribution in [0.3, 0.4) is 0 Å². The Kier molecular flexibility index (Phi) is 2.55. The van der Waals surface area contributed by atoms with Crippen LogP contribution in [0.25, 0.3) is 44.5 Å². The number of oxazole rings is 1. The van der Waals surface area contributed by atoms with Crippen LogP contribution in [0.5, 0.6) is 0 Å². The highest BCUT2D eigenvalue weighted by Crippen LogP contribution is 2.39. The van der Waals surface area contributed by atoms with Crippen molar-refractivity contribution in [1.29, 1.82) is 0 Å². The van der Waals surface area contributed by atoms with Gasteiger partial charge in [0.1, 0.15) is 16.7 Å². The van der Waals surface area contributed by atoms with Crippen LogP contribution >= 0.6 is 11.6 Å². The van der Waals surface area contributed by atoms with Crippen LogP contribution in [0.15, 0.2) is 69.5 Å². The molecule has 3 nitrogen and oxygen atoms in total. The number of para-hydroxylation sites is 1. The highest BCUT2D eigenvalue weighted by atomic mass is 35.5. The zero-order chi connectivity index (χ0) is 15.4. The van der Waals surface area contributed by atoms with Crippen molar-refractivity contribution >= 4 is 44.6 Å². The summed E-state index contributed by atoms with van der Waals surface area (Å²) >= 11 is 6.61. The number of rotatable bonds is 1. The Morgan fingerprint density at radius 3 is 2.43 bits per heavy atom. The Labute approximate surface area is 136 Å². The predicted octanol–water partition coefficient (Wildman–Crippen LogP) is 6.05. The van der Waals surface area contributed by atoms with Gasteiger partial charge in [0, 0.05) is 22.4 Å². The van der Waals surface area contributed by atoms with E-state index in [-0.39, 0.29) is 0 Å². The first-order valence-corrected chi connectivity index (χ1v) is 7.65. The van der Waals surface area contributed by atoms with E-state index in [1.165, 1.54) is 0 Å². The summed E-state index contributed by atoms with van der Waals surface area (Å²) in [7, 11) is 0. The Morgan fingerprint density at radius 2 is 1.57 bits per heavy atom. The van der Waals surface area contributed by atoms with Crippen molar-refractivity contribution in [3.63, 3.8) is 0 Å². The molecule has 2 heterocycles. The Balaban J connectivity index is 1.87. The van der Waals surface area contributed by atoms with Gasteiger partial charge in [-0.25, -0.2) is 4.98 Å². The molecular formula is C19H10ClNO2. The van der Waals surface area contributed by atoms with E-state index in [0.29, 0.717) is 27.6 Å². The molecule has 0 aliphatic carbocycles. The second kappa shape index (κ2) is 4.61. The number of halogens is 1. The summed E-state index contributed by atoms with van der Waals surface area (Å²) in [6.07, 6.45) is 0. The number of hydrogen-bond acceptors (Lipinski definition) is 3. The fraction of sp³-hybridized carbons (Fsp3) is 0. The van der Waals surface area contributed by atoms with Crippen molar-refractivity contribution in [2.24, 2.45) is 0 Å². The maximum absolute atomic E-state index is 6.61. The molecule has 0 spiro atoms. The van der Waals surface area contributed by atoms with E-state index in [1.54, 1.807) is 0 Å². The zero-order valence-electron chi connectivity index (χ0n) is 11.9. The normalized spacial score (nSPS) is 11.7. The summed E-state index contributed by atoms with van der Waals surface area (Å²) in [6.45, 7) is 0. The first kappa shape index (κ1) is 12.7. The quantitative estimate of drug-likeness (QED) is 0.377. The summed E-state index contributed by atoms with van der Waals surface area (Å²) in [5, 5.41) is 2.43. The van der Waals surface area contributed by atoms with Crippen molar-refractivity contribution in [3.05, 3.63) is 65.7 Å². The minimum atomic E-state index is 0.555. The Hall–Kier alpha value is -2.78. The molecule has 0 bridgehead atoms. The van der Waals surface area contributed by atoms with Crippen LogP contribution in [-0.2, 0) is 0 Å². The van der Waals surface area contributed by atoms with Gasteiger partial charge in [-0.05, 0) is 18.2 Å². The number of aromatic nitrogens is 1. The van der Waals surface area contributed by atoms with E-state index in [4.69, 9.17) is 20.4 Å². The molecule has 110 valence electrons. The van der Waals surface area contributed by atoms with E-state index in [9.17, 15) is 0 Å². The maximum Gasteiger partial charge on any atom is 0.227 e. The van der Waals surface area contributed by atoms with Crippen LogP contribution in [-0.4, -0.2) is 4.98 Å². The number of nitrogens with zero attached hydrogens (tertiary/aromatic N) is 1. The highest BCUT2D eigenvalue weighted by molar-refractivity contribution is 6.42. The predicted molar refractivity (Wildman–Crippen MR) is 91.7 cm³/mol. The van der Waals surface area contributed by atoms with Crippen molar-refractivity contribution in [2.45, 2.75) is 0 Å². The lowest BCUT2D eigenvalue weighted by Crippen LogP contribution is -1.76. The summed E-state index contributed by atoms with van der Waals surface area (Å²) in [5.41, 5.74) is 3.71. The topological polar surface area (TPSA) is 39.2 Å². The second-order valence-electron chi connectivity index (χ2n) is 5.39. The van der Waals surface area contributed by atoms with Gasteiger partial charge in [0.2, 0.25) is 5.89 Å². The summed E-state index contributed by atoms with van der Waals surface area (Å²) < 4.78 is 11.8. The number of furan rings is 1. The van der Waals surface area contributed by atoms with Crippen molar-refractivity contribution in [3.8, 4) is 11.5 Å². The fourth-order valence-corrected chi connectivity index (χ4v) is 3.25. The molecule has 2 aromatic heterocycles. The SMILES string of the molecule is Clc1c2nc(-c3ccccc3)oc2cc2oc3ccccc3c12. The molecule has 3 aromatic carbocycles. The van der Waals surface area contributed by atoms with E-state index in [1.807, 2.05) is 60.7 Å². The van der Waals surface area contributed by atoms with Gasteiger partial charge in [0.25, 0.3) is 0 Å². The van der Waals surface area contributed by atoms with Crippen LogP contribution < -0.4 is 0 Å². The highest BCUT2D eigenvalue weighted by Gasteiger charge is 2.18. The lowest BCUT2D eigenvalue weighted by Gasteiger charge is -1.94. The smallest absolute Gasteiger partial charge is 0.227 e. The van der Waals surface area contributed by atoms with Crippen LogP contribution in [0.1, 0.15) is 0 Å². The van der Waals surface area contributed by atoms with Gasteiger partial charge in [0.15, 0.2) is 5.58 Å². The third-order valence-electron chi connectivity index (χ3n) is 3.99. The summed E-state index contributed by atoms with van der Waals surface area (Å²) in [4.78, 5) is 4.58. The van der Waals surface area contributed by atoms with Gasteiger partial charge < -0.3 is 8.83 Å². The van der Waals surface area contributed by atoms with Gasteiger partial charge in [-0.3, -0.25) is 0 Å². The molecule has 0 aliphatic heterocycles. The minimum Gasteiger partial charge on any atom is -0.456 e. The molecule has 0 aliphatic rings. The molecule has 0 N–H and O–H groups in total. The van der Waals surface area contributed by atoms with Crippen molar-refractivity contribution in [1.82, 2.24) is 4.98 Å². The molecular weight excluding hydrogens is 310 g/mol. The first-order chi connectivity index (χ1) is 11.3. The minimum absolute atomic E-state index is 0.555. The molecule has 0 radical (unpaired) electrons. The van der Waals surface area contributed by atoms with Crippen LogP contribution in [0.4, 0.5) is 0 Å². The largest absolute Gasteiger partial charge is 0.456 e. The molecule has 5 rings (SSSR count). The first-order valence-electron chi connectivity index (χ1n) is 7.27. The summed E-state index contributed by atoms with van der Waals surface area (Å²) in [6, 6.07) is 19.5. The lowest BCUT2D eigenvalue weighted by molar-refractivity contribution is 0.617. The maximum atomic E-state index is 6.61. The molecule has 0 fully saturated rings. The Morgan fingerprint density at radius 1 is 0.783 bits per heavy atom. The van der Waals surface area contributed by atoms with Crippen LogP contribution in [0.2, 0.25) is 5.02 Å². The van der Waals surface area contributed by atoms with Gasteiger partial charge in [0.05, 0.1) is 5.02 Å². The van der Waals surface area contributed by atoms with E-state index >= 15 is 0 Å². The third kappa shape index (κ3) is 1.80. The average Bonchev–Trinajstić information content (AvgIpc) is 3.17. The Bertz CT molecular complexity index is 1170. The second-order valence-corrected chi connectivity index (χ2v) is 5.77. The molecule has 0 amide bonds. The lowest BCUT2D eigenvalue weighted by atomic mass is 10.1. The van der Waals surface area contributed by atoms with Gasteiger partial charge in [-0.15, -0.1) is 0 Å². The van der Waals surface area contributed by atoms with E-state index in [2.05, 4.69) is 4.98 Å². The van der Waals surface area contributed by atoms with Gasteiger partial charge in [-0.1, -0.05) is 48.0 Å². The molecule has 4 heteroatoms. The standard InChI is InChI=1S/C19H10ClNO2/c20-17-16-12-8-4-5-9-13(12)22-14(16)10-15-18(17)21-19(23-15)11-6-2-1-3-7-11/h1-10H. The molecule has 0 saturated carbocycles. The molecule has 0 atom stereocenters. The monoisotopic (exact) mass is 319 g/mol.